The average molecular weight is 842 g/mol. The van der Waals surface area contributed by atoms with E-state index in [1.807, 2.05) is 59.3 Å². The molecule has 1 aromatic rings. The van der Waals surface area contributed by atoms with Gasteiger partial charge in [-0.2, -0.15) is 0 Å². The number of amides is 2. The van der Waals surface area contributed by atoms with Crippen LogP contribution in [0.2, 0.25) is 0 Å². The second kappa shape index (κ2) is 30.8. The van der Waals surface area contributed by atoms with Crippen molar-refractivity contribution in [1.29, 1.82) is 0 Å². The number of ether oxygens (including phenoxy) is 1. The summed E-state index contributed by atoms with van der Waals surface area (Å²) in [6.07, 6.45) is 11.6. The minimum atomic E-state index is -1.06. The largest absolute Gasteiger partial charge is 0.394 e. The van der Waals surface area contributed by atoms with Crippen LogP contribution in [-0.2, 0) is 27.3 Å². The molecule has 1 aromatic heterocycles. The Balaban J connectivity index is 2.63. The van der Waals surface area contributed by atoms with Gasteiger partial charge in [0.05, 0.1) is 48.9 Å². The summed E-state index contributed by atoms with van der Waals surface area (Å²) < 4.78 is 8.32. The van der Waals surface area contributed by atoms with Crippen molar-refractivity contribution in [3.8, 4) is 0 Å². The normalized spacial score (nSPS) is 17.8. The van der Waals surface area contributed by atoms with Gasteiger partial charge in [0.2, 0.25) is 11.8 Å². The maximum absolute atomic E-state index is 12.0. The lowest BCUT2D eigenvalue weighted by Gasteiger charge is -2.29. The van der Waals surface area contributed by atoms with Crippen molar-refractivity contribution in [2.24, 2.45) is 41.2 Å². The smallest absolute Gasteiger partial charge is 0.242 e. The van der Waals surface area contributed by atoms with E-state index in [9.17, 15) is 35.1 Å². The lowest BCUT2D eigenvalue weighted by molar-refractivity contribution is -0.128. The van der Waals surface area contributed by atoms with Crippen molar-refractivity contribution < 1.29 is 45.0 Å². The quantitative estimate of drug-likeness (QED) is 0.0416. The first kappa shape index (κ1) is 54.8. The second-order valence-electron chi connectivity index (χ2n) is 18.5. The van der Waals surface area contributed by atoms with Gasteiger partial charge in [-0.15, -0.1) is 5.10 Å². The molecule has 0 bridgehead atoms. The molecule has 0 spiro atoms. The maximum Gasteiger partial charge on any atom is 0.242 e. The number of primary amides is 1. The number of aromatic nitrogens is 3. The lowest BCUT2D eigenvalue weighted by atomic mass is 9.86. The number of rotatable bonds is 36. The molecule has 9 N–H and O–H groups in total. The summed E-state index contributed by atoms with van der Waals surface area (Å²) in [5.74, 6) is -0.315. The van der Waals surface area contributed by atoms with E-state index in [0.717, 1.165) is 57.1 Å². The third kappa shape index (κ3) is 24.1. The molecule has 59 heavy (non-hydrogen) atoms. The summed E-state index contributed by atoms with van der Waals surface area (Å²) in [5, 5.41) is 73.5. The number of unbranched alkanes of at least 4 members (excludes halogenated alkanes) is 3. The van der Waals surface area contributed by atoms with Crippen LogP contribution in [0.15, 0.2) is 6.20 Å². The van der Waals surface area contributed by atoms with E-state index in [0.29, 0.717) is 64.5 Å². The highest BCUT2D eigenvalue weighted by Crippen LogP contribution is 2.27. The molecule has 0 aliphatic heterocycles. The van der Waals surface area contributed by atoms with Crippen molar-refractivity contribution in [3.63, 3.8) is 0 Å². The third-order valence-corrected chi connectivity index (χ3v) is 12.5. The Morgan fingerprint density at radius 1 is 0.661 bits per heavy atom. The van der Waals surface area contributed by atoms with Gasteiger partial charge in [-0.3, -0.25) is 14.3 Å². The molecule has 0 saturated heterocycles. The molecule has 0 aliphatic rings. The number of nitrogens with one attached hydrogen (secondary N) is 1. The van der Waals surface area contributed by atoms with Gasteiger partial charge in [0.15, 0.2) is 0 Å². The highest BCUT2D eigenvalue weighted by molar-refractivity contribution is 5.86. The first-order chi connectivity index (χ1) is 27.9. The van der Waals surface area contributed by atoms with E-state index in [4.69, 9.17) is 15.6 Å². The van der Waals surface area contributed by atoms with E-state index in [1.165, 1.54) is 0 Å². The van der Waals surface area contributed by atoms with E-state index in [2.05, 4.69) is 22.6 Å². The molecule has 14 heteroatoms. The molecule has 0 aliphatic carbocycles. The summed E-state index contributed by atoms with van der Waals surface area (Å²) in [6, 6.07) is -1.06. The van der Waals surface area contributed by atoms with Crippen molar-refractivity contribution in [2.75, 3.05) is 13.2 Å². The van der Waals surface area contributed by atoms with Crippen LogP contribution in [0.4, 0.5) is 0 Å². The first-order valence-corrected chi connectivity index (χ1v) is 23.0. The molecule has 0 fully saturated rings. The Morgan fingerprint density at radius 2 is 1.15 bits per heavy atom. The second-order valence-corrected chi connectivity index (χ2v) is 18.5. The minimum absolute atomic E-state index is 0.0212. The molecular weight excluding hydrogens is 755 g/mol. The fraction of sp³-hybridized carbons (Fsp3) is 0.911. The van der Waals surface area contributed by atoms with Gasteiger partial charge in [0.1, 0.15) is 6.04 Å². The van der Waals surface area contributed by atoms with E-state index < -0.39 is 36.9 Å². The zero-order valence-corrected chi connectivity index (χ0v) is 38.1. The molecule has 14 nitrogen and oxygen atoms in total. The molecule has 11 atom stereocenters. The SMILES string of the molecule is CC(C)C(O)CCC(C)C(O)CCC(C)C(O)CCC(OCCCCc1cn(CCCCCC(=O)N[C@@H](CO)C(N)=O)nn1)C(C)CCC(O)C(C)CCC(O)C(C)C. The van der Waals surface area contributed by atoms with Crippen molar-refractivity contribution in [1.82, 2.24) is 20.3 Å². The molecule has 346 valence electrons. The number of carbonyl (C=O) groups excluding carboxylic acids is 2. The fourth-order valence-electron chi connectivity index (χ4n) is 7.30. The van der Waals surface area contributed by atoms with Crippen LogP contribution in [0.3, 0.4) is 0 Å². The summed E-state index contributed by atoms with van der Waals surface area (Å²) in [6.45, 7) is 17.0. The number of aliphatic hydroxyl groups is 6. The van der Waals surface area contributed by atoms with Crippen LogP contribution >= 0.6 is 0 Å². The molecule has 1 rings (SSSR count). The van der Waals surface area contributed by atoms with Crippen LogP contribution in [-0.4, -0.2) is 113 Å². The summed E-state index contributed by atoms with van der Waals surface area (Å²) >= 11 is 0. The standard InChI is InChI=1S/C45H87N5O9/c1-30(2)38(52)20-16-32(5)40(54)22-18-34(7)42(56)24-25-43(35(8)19-23-41(55)33(6)17-21-39(53)31(3)4)59-27-13-11-14-36-28-50(49-48-36)26-12-9-10-15-44(57)47-37(29-51)45(46)58/h28,30-35,37-43,51-56H,9-27,29H2,1-8H3,(H2,46,58)(H,47,57)/t32?,33?,34?,35?,37-,38?,39?,40?,41?,42?,43?/m0/s1. The third-order valence-electron chi connectivity index (χ3n) is 12.5. The number of aryl methyl sites for hydroxylation is 2. The lowest BCUT2D eigenvalue weighted by Crippen LogP contribution is -2.46. The highest BCUT2D eigenvalue weighted by Gasteiger charge is 2.26. The summed E-state index contributed by atoms with van der Waals surface area (Å²) in [5.41, 5.74) is 6.06. The Hall–Kier alpha value is -2.20. The first-order valence-electron chi connectivity index (χ1n) is 23.0. The number of hydrogen-bond acceptors (Lipinski definition) is 11. The molecule has 0 aromatic carbocycles. The van der Waals surface area contributed by atoms with Gasteiger partial charge in [-0.05, 0) is 132 Å². The number of hydrogen-bond donors (Lipinski definition) is 8. The Kier molecular flexibility index (Phi) is 28.6. The summed E-state index contributed by atoms with van der Waals surface area (Å²) in [7, 11) is 0. The predicted octanol–water partition coefficient (Wildman–Crippen LogP) is 5.07. The van der Waals surface area contributed by atoms with Gasteiger partial charge >= 0.3 is 0 Å². The molecule has 0 radical (unpaired) electrons. The molecule has 10 unspecified atom stereocenters. The van der Waals surface area contributed by atoms with Crippen molar-refractivity contribution in [2.45, 2.75) is 214 Å². The highest BCUT2D eigenvalue weighted by atomic mass is 16.5. The number of nitrogens with zero attached hydrogens (tertiary/aromatic N) is 3. The van der Waals surface area contributed by atoms with Crippen LogP contribution in [0.25, 0.3) is 0 Å². The average Bonchev–Trinajstić information content (AvgIpc) is 3.66. The number of carbonyl (C=O) groups is 2. The van der Waals surface area contributed by atoms with Crippen LogP contribution in [0.1, 0.15) is 164 Å². The number of nitrogens with two attached hydrogens (primary N) is 1. The molecule has 0 saturated carbocycles. The fourth-order valence-corrected chi connectivity index (χ4v) is 7.30. The van der Waals surface area contributed by atoms with Crippen molar-refractivity contribution >= 4 is 11.8 Å². The Labute approximate surface area is 356 Å². The van der Waals surface area contributed by atoms with Gasteiger partial charge in [-0.1, -0.05) is 67.0 Å². The minimum Gasteiger partial charge on any atom is -0.394 e. The zero-order chi connectivity index (χ0) is 44.5. The van der Waals surface area contributed by atoms with Gasteiger partial charge in [0, 0.05) is 25.8 Å². The van der Waals surface area contributed by atoms with Crippen molar-refractivity contribution in [3.05, 3.63) is 11.9 Å². The van der Waals surface area contributed by atoms with E-state index in [1.54, 1.807) is 0 Å². The van der Waals surface area contributed by atoms with Gasteiger partial charge < -0.3 is 46.4 Å². The topological polar surface area (TPSA) is 234 Å². The molecule has 2 amide bonds. The van der Waals surface area contributed by atoms with E-state index >= 15 is 0 Å². The maximum atomic E-state index is 12.0. The van der Waals surface area contributed by atoms with Gasteiger partial charge in [0.25, 0.3) is 0 Å². The zero-order valence-electron chi connectivity index (χ0n) is 38.1. The summed E-state index contributed by atoms with van der Waals surface area (Å²) in [4.78, 5) is 23.2. The number of aliphatic hydroxyl groups excluding tert-OH is 6. The van der Waals surface area contributed by atoms with E-state index in [-0.39, 0.29) is 66.1 Å². The predicted molar refractivity (Wildman–Crippen MR) is 232 cm³/mol. The molecule has 1 heterocycles. The van der Waals surface area contributed by atoms with Crippen LogP contribution < -0.4 is 11.1 Å². The van der Waals surface area contributed by atoms with Crippen LogP contribution in [0, 0.1) is 35.5 Å². The monoisotopic (exact) mass is 842 g/mol. The Bertz CT molecular complexity index is 1240. The van der Waals surface area contributed by atoms with Gasteiger partial charge in [-0.25, -0.2) is 0 Å². The Morgan fingerprint density at radius 3 is 1.64 bits per heavy atom. The molecular formula is C45H87N5O9. The van der Waals surface area contributed by atoms with Crippen LogP contribution in [0.5, 0.6) is 0 Å².